The molecule has 0 fully saturated rings. The van der Waals surface area contributed by atoms with Crippen LogP contribution in [0, 0.1) is 27.8 Å². The molecule has 0 spiro atoms. The first-order chi connectivity index (χ1) is 9.36. The van der Waals surface area contributed by atoms with Crippen LogP contribution in [-0.4, -0.2) is 17.5 Å². The van der Waals surface area contributed by atoms with E-state index in [1.54, 1.807) is 0 Å². The second-order valence-corrected chi connectivity index (χ2v) is 5.49. The minimum Gasteiger partial charge on any atom is -0.314 e. The monoisotopic (exact) mass is 282 g/mol. The number of halogens is 1. The lowest BCUT2D eigenvalue weighted by atomic mass is 9.83. The van der Waals surface area contributed by atoms with Gasteiger partial charge in [0.1, 0.15) is 5.82 Å². The van der Waals surface area contributed by atoms with Gasteiger partial charge in [-0.15, -0.1) is 0 Å². The van der Waals surface area contributed by atoms with E-state index in [1.165, 1.54) is 12.1 Å². The van der Waals surface area contributed by atoms with E-state index in [-0.39, 0.29) is 17.6 Å². The first kappa shape index (κ1) is 16.6. The molecule has 0 aromatic heterocycles. The van der Waals surface area contributed by atoms with Gasteiger partial charge in [0.2, 0.25) is 0 Å². The highest BCUT2D eigenvalue weighted by Gasteiger charge is 2.24. The molecule has 0 saturated carbocycles. The van der Waals surface area contributed by atoms with Crippen LogP contribution in [0.5, 0.6) is 0 Å². The fourth-order valence-corrected chi connectivity index (χ4v) is 2.61. The lowest BCUT2D eigenvalue weighted by Gasteiger charge is -2.28. The Labute approximate surface area is 119 Å². The van der Waals surface area contributed by atoms with Gasteiger partial charge in [-0.1, -0.05) is 20.8 Å². The van der Waals surface area contributed by atoms with Crippen LogP contribution in [-0.2, 0) is 6.42 Å². The summed E-state index contributed by atoms with van der Waals surface area (Å²) in [7, 11) is 0. The largest absolute Gasteiger partial charge is 0.314 e. The molecule has 0 aliphatic heterocycles. The number of hydrogen-bond acceptors (Lipinski definition) is 3. The minimum absolute atomic E-state index is 0.000693. The molecule has 0 radical (unpaired) electrons. The van der Waals surface area contributed by atoms with E-state index in [4.69, 9.17) is 0 Å². The first-order valence-electron chi connectivity index (χ1n) is 7.03. The smallest absolute Gasteiger partial charge is 0.272 e. The Kier molecular flexibility index (Phi) is 6.07. The van der Waals surface area contributed by atoms with E-state index in [9.17, 15) is 14.5 Å². The molecule has 0 aliphatic carbocycles. The van der Waals surface area contributed by atoms with Crippen LogP contribution >= 0.6 is 0 Å². The van der Waals surface area contributed by atoms with Crippen molar-refractivity contribution >= 4 is 5.69 Å². The van der Waals surface area contributed by atoms with Crippen molar-refractivity contribution < 1.29 is 9.31 Å². The summed E-state index contributed by atoms with van der Waals surface area (Å²) < 4.78 is 13.4. The van der Waals surface area contributed by atoms with Crippen molar-refractivity contribution in [1.82, 2.24) is 5.32 Å². The van der Waals surface area contributed by atoms with Gasteiger partial charge < -0.3 is 5.32 Å². The van der Waals surface area contributed by atoms with Crippen LogP contribution in [0.1, 0.15) is 33.3 Å². The summed E-state index contributed by atoms with van der Waals surface area (Å²) in [4.78, 5) is 10.6. The zero-order valence-corrected chi connectivity index (χ0v) is 12.5. The third-order valence-electron chi connectivity index (χ3n) is 3.72. The Morgan fingerprint density at radius 3 is 2.50 bits per heavy atom. The summed E-state index contributed by atoms with van der Waals surface area (Å²) in [5.41, 5.74) is 0.471. The maximum absolute atomic E-state index is 13.4. The van der Waals surface area contributed by atoms with E-state index >= 15 is 0 Å². The molecule has 2 atom stereocenters. The summed E-state index contributed by atoms with van der Waals surface area (Å²) >= 11 is 0. The number of hydrogen-bond donors (Lipinski definition) is 1. The number of benzene rings is 1. The van der Waals surface area contributed by atoms with E-state index in [0.717, 1.165) is 12.6 Å². The highest BCUT2D eigenvalue weighted by molar-refractivity contribution is 5.40. The standard InChI is InChI=1S/C15H23FN2O2/c1-5-17-11(4)14(10(2)3)9-12-8-13(16)6-7-15(12)18(19)20/h6-8,10-11,14,17H,5,9H2,1-4H3. The van der Waals surface area contributed by atoms with E-state index < -0.39 is 10.7 Å². The van der Waals surface area contributed by atoms with Crippen LogP contribution in [0.3, 0.4) is 0 Å². The summed E-state index contributed by atoms with van der Waals surface area (Å²) in [5.74, 6) is 0.145. The Morgan fingerprint density at radius 2 is 2.00 bits per heavy atom. The molecular formula is C15H23FN2O2. The van der Waals surface area contributed by atoms with Crippen molar-refractivity contribution in [3.8, 4) is 0 Å². The van der Waals surface area contributed by atoms with E-state index in [1.807, 2.05) is 6.92 Å². The second kappa shape index (κ2) is 7.33. The van der Waals surface area contributed by atoms with Crippen molar-refractivity contribution in [2.24, 2.45) is 11.8 Å². The van der Waals surface area contributed by atoms with Crippen molar-refractivity contribution in [3.63, 3.8) is 0 Å². The maximum atomic E-state index is 13.4. The molecule has 1 N–H and O–H groups in total. The summed E-state index contributed by atoms with van der Waals surface area (Å²) in [6.07, 6.45) is 0.500. The van der Waals surface area contributed by atoms with Gasteiger partial charge in [-0.05, 0) is 43.9 Å². The molecule has 1 rings (SSSR count). The predicted molar refractivity (Wildman–Crippen MR) is 78.2 cm³/mol. The van der Waals surface area contributed by atoms with Gasteiger partial charge in [-0.3, -0.25) is 10.1 Å². The van der Waals surface area contributed by atoms with Gasteiger partial charge in [-0.2, -0.15) is 0 Å². The average Bonchev–Trinajstić information content (AvgIpc) is 2.35. The third-order valence-corrected chi connectivity index (χ3v) is 3.72. The molecule has 0 heterocycles. The molecule has 0 aliphatic rings. The molecule has 5 heteroatoms. The number of rotatable bonds is 7. The molecule has 0 bridgehead atoms. The van der Waals surface area contributed by atoms with Crippen LogP contribution in [0.15, 0.2) is 18.2 Å². The SMILES string of the molecule is CCNC(C)C(Cc1cc(F)ccc1[N+](=O)[O-])C(C)C. The van der Waals surface area contributed by atoms with Crippen LogP contribution in [0.2, 0.25) is 0 Å². The summed E-state index contributed by atoms with van der Waals surface area (Å²) in [6, 6.07) is 3.90. The molecule has 20 heavy (non-hydrogen) atoms. The number of nitrogens with one attached hydrogen (secondary N) is 1. The lowest BCUT2D eigenvalue weighted by Crippen LogP contribution is -2.37. The molecule has 1 aromatic rings. The van der Waals surface area contributed by atoms with E-state index in [0.29, 0.717) is 17.9 Å². The normalized spacial score (nSPS) is 14.3. The first-order valence-corrected chi connectivity index (χ1v) is 7.03. The van der Waals surface area contributed by atoms with Gasteiger partial charge in [-0.25, -0.2) is 4.39 Å². The highest BCUT2D eigenvalue weighted by Crippen LogP contribution is 2.27. The van der Waals surface area contributed by atoms with Gasteiger partial charge in [0.05, 0.1) is 4.92 Å². The van der Waals surface area contributed by atoms with Gasteiger partial charge >= 0.3 is 0 Å². The van der Waals surface area contributed by atoms with E-state index in [2.05, 4.69) is 26.1 Å². The zero-order chi connectivity index (χ0) is 15.3. The highest BCUT2D eigenvalue weighted by atomic mass is 19.1. The lowest BCUT2D eigenvalue weighted by molar-refractivity contribution is -0.385. The van der Waals surface area contributed by atoms with Crippen LogP contribution < -0.4 is 5.32 Å². The Morgan fingerprint density at radius 1 is 1.35 bits per heavy atom. The molecule has 112 valence electrons. The molecule has 1 aromatic carbocycles. The minimum atomic E-state index is -0.440. The van der Waals surface area contributed by atoms with Crippen LogP contribution in [0.25, 0.3) is 0 Å². The van der Waals surface area contributed by atoms with Crippen molar-refractivity contribution in [2.45, 2.75) is 40.2 Å². The molecule has 0 amide bonds. The second-order valence-electron chi connectivity index (χ2n) is 5.49. The third kappa shape index (κ3) is 4.27. The van der Waals surface area contributed by atoms with Crippen molar-refractivity contribution in [1.29, 1.82) is 0 Å². The fourth-order valence-electron chi connectivity index (χ4n) is 2.61. The number of nitro groups is 1. The Bertz CT molecular complexity index is 463. The van der Waals surface area contributed by atoms with Crippen molar-refractivity contribution in [3.05, 3.63) is 39.7 Å². The van der Waals surface area contributed by atoms with Crippen molar-refractivity contribution in [2.75, 3.05) is 6.54 Å². The molecule has 0 saturated heterocycles. The Hall–Kier alpha value is -1.49. The fraction of sp³-hybridized carbons (Fsp3) is 0.600. The average molecular weight is 282 g/mol. The maximum Gasteiger partial charge on any atom is 0.272 e. The van der Waals surface area contributed by atoms with Gasteiger partial charge in [0, 0.05) is 17.7 Å². The molecular weight excluding hydrogens is 259 g/mol. The quantitative estimate of drug-likeness (QED) is 0.614. The van der Waals surface area contributed by atoms with Gasteiger partial charge in [0.25, 0.3) is 5.69 Å². The number of nitro benzene ring substituents is 1. The zero-order valence-electron chi connectivity index (χ0n) is 12.5. The van der Waals surface area contributed by atoms with Gasteiger partial charge in [0.15, 0.2) is 0 Å². The topological polar surface area (TPSA) is 55.2 Å². The van der Waals surface area contributed by atoms with Crippen LogP contribution in [0.4, 0.5) is 10.1 Å². The summed E-state index contributed by atoms with van der Waals surface area (Å²) in [6.45, 7) is 9.11. The predicted octanol–water partition coefficient (Wildman–Crippen LogP) is 3.55. The molecule has 4 nitrogen and oxygen atoms in total. The Balaban J connectivity index is 3.04. The molecule has 2 unspecified atom stereocenters. The summed E-state index contributed by atoms with van der Waals surface area (Å²) in [5, 5.41) is 14.4. The number of nitrogens with zero attached hydrogens (tertiary/aromatic N) is 1.